The lowest BCUT2D eigenvalue weighted by Gasteiger charge is -2.30. The smallest absolute Gasteiger partial charge is 0.331 e. The third kappa shape index (κ3) is 6.57. The minimum atomic E-state index is -1.35. The van der Waals surface area contributed by atoms with Crippen LogP contribution in [0.25, 0.3) is 0 Å². The van der Waals surface area contributed by atoms with Crippen LogP contribution in [0.15, 0.2) is 0 Å². The number of hydrogen-bond acceptors (Lipinski definition) is 5. The number of hydrogen-bond donors (Lipinski definition) is 3. The lowest BCUT2D eigenvalue weighted by atomic mass is 9.94. The predicted octanol–water partition coefficient (Wildman–Crippen LogP) is 0.533. The number of carbonyl (C=O) groups excluding carboxylic acids is 2. The summed E-state index contributed by atoms with van der Waals surface area (Å²) in [5, 5.41) is 14.3. The van der Waals surface area contributed by atoms with E-state index in [1.165, 1.54) is 14.0 Å². The highest BCUT2D eigenvalue weighted by Crippen LogP contribution is 2.16. The summed E-state index contributed by atoms with van der Waals surface area (Å²) in [5.41, 5.74) is -1.35. The molecular formula is C14H26N2O5. The number of ether oxygens (including phenoxy) is 1. The zero-order chi connectivity index (χ0) is 16.6. The van der Waals surface area contributed by atoms with Crippen LogP contribution in [0.5, 0.6) is 0 Å². The van der Waals surface area contributed by atoms with Gasteiger partial charge in [-0.15, -0.1) is 0 Å². The fourth-order valence-corrected chi connectivity index (χ4v) is 1.98. The molecule has 0 aliphatic rings. The first-order valence-corrected chi connectivity index (χ1v) is 6.95. The average Bonchev–Trinajstić information content (AvgIpc) is 2.41. The summed E-state index contributed by atoms with van der Waals surface area (Å²) in [6, 6.07) is -0.446. The van der Waals surface area contributed by atoms with E-state index in [2.05, 4.69) is 15.4 Å². The molecule has 7 heteroatoms. The largest absolute Gasteiger partial charge is 0.481 e. The Morgan fingerprint density at radius 3 is 2.24 bits per heavy atom. The van der Waals surface area contributed by atoms with Crippen molar-refractivity contribution in [3.05, 3.63) is 0 Å². The molecule has 0 rings (SSSR count). The Labute approximate surface area is 125 Å². The van der Waals surface area contributed by atoms with Crippen LogP contribution in [-0.2, 0) is 19.1 Å². The lowest BCUT2D eigenvalue weighted by Crippen LogP contribution is -2.57. The molecule has 0 saturated carbocycles. The number of rotatable bonds is 9. The molecule has 7 nitrogen and oxygen atoms in total. The summed E-state index contributed by atoms with van der Waals surface area (Å²) < 4.78 is 4.68. The summed E-state index contributed by atoms with van der Waals surface area (Å²) in [6.07, 6.45) is 0.345. The highest BCUT2D eigenvalue weighted by atomic mass is 16.5. The van der Waals surface area contributed by atoms with Crippen LogP contribution in [0.2, 0.25) is 0 Å². The number of nitrogens with one attached hydrogen (secondary N) is 2. The first kappa shape index (κ1) is 19.4. The first-order valence-electron chi connectivity index (χ1n) is 6.95. The van der Waals surface area contributed by atoms with Gasteiger partial charge in [-0.2, -0.15) is 0 Å². The van der Waals surface area contributed by atoms with Crippen molar-refractivity contribution < 1.29 is 24.2 Å². The van der Waals surface area contributed by atoms with Crippen molar-refractivity contribution in [2.24, 2.45) is 5.92 Å². The van der Waals surface area contributed by atoms with Gasteiger partial charge in [-0.3, -0.25) is 9.59 Å². The molecule has 0 fully saturated rings. The third-order valence-electron chi connectivity index (χ3n) is 3.25. The molecule has 0 aromatic rings. The highest BCUT2D eigenvalue weighted by molar-refractivity contribution is 5.90. The van der Waals surface area contributed by atoms with Crippen LogP contribution in [0, 0.1) is 5.92 Å². The molecule has 1 unspecified atom stereocenters. The maximum absolute atomic E-state index is 12.3. The number of esters is 1. The van der Waals surface area contributed by atoms with Crippen LogP contribution in [-0.4, -0.2) is 48.7 Å². The molecule has 0 aliphatic carbocycles. The molecule has 1 amide bonds. The van der Waals surface area contributed by atoms with Gasteiger partial charge in [0.15, 0.2) is 0 Å². The topological polar surface area (TPSA) is 105 Å². The molecule has 0 aromatic carbocycles. The van der Waals surface area contributed by atoms with E-state index in [1.54, 1.807) is 7.05 Å². The fraction of sp³-hybridized carbons (Fsp3) is 0.786. The van der Waals surface area contributed by atoms with Crippen LogP contribution in [0.4, 0.5) is 0 Å². The van der Waals surface area contributed by atoms with E-state index in [1.807, 2.05) is 13.8 Å². The number of carboxylic acid groups (broad SMARTS) is 1. The summed E-state index contributed by atoms with van der Waals surface area (Å²) in [7, 11) is 2.87. The molecular weight excluding hydrogens is 276 g/mol. The predicted molar refractivity (Wildman–Crippen MR) is 77.7 cm³/mol. The quantitative estimate of drug-likeness (QED) is 0.537. The highest BCUT2D eigenvalue weighted by Gasteiger charge is 2.37. The zero-order valence-corrected chi connectivity index (χ0v) is 13.4. The van der Waals surface area contributed by atoms with E-state index < -0.39 is 23.5 Å². The molecule has 0 aliphatic heterocycles. The van der Waals surface area contributed by atoms with Crippen LogP contribution in [0.3, 0.4) is 0 Å². The molecule has 0 saturated heterocycles. The third-order valence-corrected chi connectivity index (χ3v) is 3.25. The minimum Gasteiger partial charge on any atom is -0.481 e. The Bertz CT molecular complexity index is 384. The molecule has 3 N–H and O–H groups in total. The first-order chi connectivity index (χ1) is 9.66. The summed E-state index contributed by atoms with van der Waals surface area (Å²) in [6.45, 7) is 5.45. The van der Waals surface area contributed by atoms with Crippen molar-refractivity contribution in [1.82, 2.24) is 10.6 Å². The maximum atomic E-state index is 12.3. The molecule has 2 atom stereocenters. The lowest BCUT2D eigenvalue weighted by molar-refractivity contribution is -0.151. The normalized spacial score (nSPS) is 15.1. The van der Waals surface area contributed by atoms with E-state index >= 15 is 0 Å². The van der Waals surface area contributed by atoms with Crippen molar-refractivity contribution in [3.8, 4) is 0 Å². The van der Waals surface area contributed by atoms with Crippen molar-refractivity contribution in [2.45, 2.75) is 51.6 Å². The Morgan fingerprint density at radius 2 is 1.86 bits per heavy atom. The van der Waals surface area contributed by atoms with E-state index in [-0.39, 0.29) is 18.7 Å². The summed E-state index contributed by atoms with van der Waals surface area (Å²) in [5.74, 6) is -1.73. The van der Waals surface area contributed by atoms with Crippen LogP contribution < -0.4 is 10.6 Å². The molecule has 21 heavy (non-hydrogen) atoms. The number of carboxylic acids is 1. The summed E-state index contributed by atoms with van der Waals surface area (Å²) in [4.78, 5) is 34.8. The minimum absolute atomic E-state index is 0.0289. The molecule has 0 spiro atoms. The van der Waals surface area contributed by atoms with Gasteiger partial charge in [0, 0.05) is 6.42 Å². The van der Waals surface area contributed by atoms with Gasteiger partial charge in [0.1, 0.15) is 5.54 Å². The van der Waals surface area contributed by atoms with Crippen molar-refractivity contribution >= 4 is 17.8 Å². The Hall–Kier alpha value is -1.63. The number of likely N-dealkylation sites (N-methyl/N-ethyl adjacent to an activating group) is 1. The van der Waals surface area contributed by atoms with Gasteiger partial charge in [-0.05, 0) is 32.7 Å². The average molecular weight is 302 g/mol. The van der Waals surface area contributed by atoms with E-state index in [0.29, 0.717) is 12.3 Å². The SMILES string of the molecule is CN[C@@H](CC(C)C)C(=O)NC(C)(CCC(=O)O)C(=O)OC. The fourth-order valence-electron chi connectivity index (χ4n) is 1.98. The van der Waals surface area contributed by atoms with Crippen LogP contribution >= 0.6 is 0 Å². The van der Waals surface area contributed by atoms with Gasteiger partial charge < -0.3 is 20.5 Å². The number of aliphatic carboxylic acids is 1. The van der Waals surface area contributed by atoms with Gasteiger partial charge in [-0.1, -0.05) is 13.8 Å². The molecule has 0 heterocycles. The van der Waals surface area contributed by atoms with Gasteiger partial charge in [-0.25, -0.2) is 4.79 Å². The second kappa shape index (κ2) is 8.61. The standard InChI is InChI=1S/C14H26N2O5/c1-9(2)8-10(15-4)12(19)16-14(3,13(20)21-5)7-6-11(17)18/h9-10,15H,6-8H2,1-5H3,(H,16,19)(H,17,18)/t10-,14?/m0/s1. The van der Waals surface area contributed by atoms with Gasteiger partial charge in [0.2, 0.25) is 5.91 Å². The van der Waals surface area contributed by atoms with Crippen molar-refractivity contribution in [1.29, 1.82) is 0 Å². The van der Waals surface area contributed by atoms with E-state index in [9.17, 15) is 14.4 Å². The van der Waals surface area contributed by atoms with Gasteiger partial charge in [0.25, 0.3) is 0 Å². The monoisotopic (exact) mass is 302 g/mol. The summed E-state index contributed by atoms with van der Waals surface area (Å²) >= 11 is 0. The Kier molecular flexibility index (Phi) is 7.94. The number of methoxy groups -OCH3 is 1. The van der Waals surface area contributed by atoms with Crippen molar-refractivity contribution in [3.63, 3.8) is 0 Å². The molecule has 0 aromatic heterocycles. The van der Waals surface area contributed by atoms with E-state index in [0.717, 1.165) is 0 Å². The second-order valence-electron chi connectivity index (χ2n) is 5.68. The number of amides is 1. The molecule has 122 valence electrons. The maximum Gasteiger partial charge on any atom is 0.331 e. The van der Waals surface area contributed by atoms with Crippen molar-refractivity contribution in [2.75, 3.05) is 14.2 Å². The van der Waals surface area contributed by atoms with Crippen LogP contribution in [0.1, 0.15) is 40.0 Å². The molecule has 0 radical (unpaired) electrons. The molecule has 0 bridgehead atoms. The van der Waals surface area contributed by atoms with Gasteiger partial charge >= 0.3 is 11.9 Å². The van der Waals surface area contributed by atoms with Gasteiger partial charge in [0.05, 0.1) is 13.2 Å². The Balaban J connectivity index is 4.98. The Morgan fingerprint density at radius 1 is 1.29 bits per heavy atom. The zero-order valence-electron chi connectivity index (χ0n) is 13.4. The second-order valence-corrected chi connectivity index (χ2v) is 5.68. The van der Waals surface area contributed by atoms with E-state index in [4.69, 9.17) is 5.11 Å². The number of carbonyl (C=O) groups is 3.